The number of anilines is 3. The quantitative estimate of drug-likeness (QED) is 0.424. The van der Waals surface area contributed by atoms with Crippen LogP contribution in [0.1, 0.15) is 18.4 Å². The third-order valence-electron chi connectivity index (χ3n) is 7.01. The Labute approximate surface area is 234 Å². The van der Waals surface area contributed by atoms with Gasteiger partial charge in [0.15, 0.2) is 0 Å². The average Bonchev–Trinajstić information content (AvgIpc) is 2.97. The van der Waals surface area contributed by atoms with Crippen molar-refractivity contribution in [3.05, 3.63) is 60.6 Å². The largest absolute Gasteiger partial charge is 0.379 e. The van der Waals surface area contributed by atoms with Gasteiger partial charge in [-0.15, -0.1) is 0 Å². The molecule has 40 heavy (non-hydrogen) atoms. The van der Waals surface area contributed by atoms with E-state index in [1.807, 2.05) is 24.3 Å². The number of piperazine rings is 1. The van der Waals surface area contributed by atoms with E-state index in [1.165, 1.54) is 5.56 Å². The smallest absolute Gasteiger partial charge is 0.234 e. The maximum absolute atomic E-state index is 12.7. The van der Waals surface area contributed by atoms with E-state index in [9.17, 15) is 4.79 Å². The lowest BCUT2D eigenvalue weighted by atomic mass is 10.1. The van der Waals surface area contributed by atoms with Crippen molar-refractivity contribution in [3.63, 3.8) is 0 Å². The summed E-state index contributed by atoms with van der Waals surface area (Å²) in [7, 11) is 0. The molecule has 1 saturated heterocycles. The second-order valence-electron chi connectivity index (χ2n) is 10.0. The zero-order valence-electron chi connectivity index (χ0n) is 22.6. The Hall–Kier alpha value is -4.11. The van der Waals surface area contributed by atoms with Gasteiger partial charge in [0.05, 0.1) is 32.2 Å². The monoisotopic (exact) mass is 541 g/mol. The minimum absolute atomic E-state index is 0.0192. The first kappa shape index (κ1) is 27.5. The Morgan fingerprint density at radius 1 is 1.02 bits per heavy atom. The summed E-state index contributed by atoms with van der Waals surface area (Å²) in [4.78, 5) is 30.7. The zero-order valence-corrected chi connectivity index (χ0v) is 22.6. The lowest BCUT2D eigenvalue weighted by molar-refractivity contribution is -0.123. The summed E-state index contributed by atoms with van der Waals surface area (Å²) in [5.41, 5.74) is 3.99. The minimum atomic E-state index is 0.0192. The predicted molar refractivity (Wildman–Crippen MR) is 153 cm³/mol. The summed E-state index contributed by atoms with van der Waals surface area (Å²) in [6.07, 6.45) is 6.50. The number of aromatic nitrogens is 3. The number of pyridine rings is 1. The molecule has 0 radical (unpaired) electrons. The summed E-state index contributed by atoms with van der Waals surface area (Å²) in [5, 5.41) is 18.6. The molecule has 3 unspecified atom stereocenters. The van der Waals surface area contributed by atoms with Gasteiger partial charge in [0, 0.05) is 75.2 Å². The molecule has 0 saturated carbocycles. The second kappa shape index (κ2) is 13.8. The molecule has 0 spiro atoms. The van der Waals surface area contributed by atoms with Crippen LogP contribution >= 0.6 is 0 Å². The maximum Gasteiger partial charge on any atom is 0.234 e. The predicted octanol–water partition coefficient (Wildman–Crippen LogP) is 2.63. The second-order valence-corrected chi connectivity index (χ2v) is 10.0. The van der Waals surface area contributed by atoms with Crippen LogP contribution in [0.15, 0.2) is 55.0 Å². The van der Waals surface area contributed by atoms with Crippen LogP contribution in [0.3, 0.4) is 0 Å². The van der Waals surface area contributed by atoms with Crippen LogP contribution in [-0.2, 0) is 16.1 Å². The van der Waals surface area contributed by atoms with Crippen molar-refractivity contribution < 1.29 is 9.53 Å². The van der Waals surface area contributed by atoms with Crippen molar-refractivity contribution >= 4 is 23.4 Å². The number of amides is 1. The van der Waals surface area contributed by atoms with E-state index in [1.54, 1.807) is 18.6 Å². The minimum Gasteiger partial charge on any atom is -0.379 e. The van der Waals surface area contributed by atoms with Gasteiger partial charge in [-0.2, -0.15) is 5.26 Å². The van der Waals surface area contributed by atoms with Gasteiger partial charge in [-0.3, -0.25) is 14.6 Å². The van der Waals surface area contributed by atoms with Crippen LogP contribution in [0.25, 0.3) is 11.1 Å². The van der Waals surface area contributed by atoms with Gasteiger partial charge in [0.1, 0.15) is 5.82 Å². The van der Waals surface area contributed by atoms with E-state index >= 15 is 0 Å². The first-order valence-electron chi connectivity index (χ1n) is 13.7. The number of carbonyl (C=O) groups is 1. The number of nitrogens with one attached hydrogen (secondary N) is 3. The van der Waals surface area contributed by atoms with Gasteiger partial charge in [-0.1, -0.05) is 12.1 Å². The summed E-state index contributed by atoms with van der Waals surface area (Å²) in [5.74, 6) is 1.31. The molecular formula is C29H35N9O2. The Balaban J connectivity index is 1.36. The van der Waals surface area contributed by atoms with Crippen molar-refractivity contribution in [2.24, 2.45) is 0 Å². The number of nitriles is 1. The number of hydrogen-bond donors (Lipinski definition) is 3. The molecule has 1 fully saturated rings. The Morgan fingerprint density at radius 2 is 1.90 bits per heavy atom. The van der Waals surface area contributed by atoms with E-state index in [4.69, 9.17) is 10.00 Å². The Kier molecular flexibility index (Phi) is 9.47. The zero-order chi connectivity index (χ0) is 27.6. The van der Waals surface area contributed by atoms with Crippen molar-refractivity contribution in [3.8, 4) is 17.2 Å². The topological polar surface area (TPSA) is 131 Å². The van der Waals surface area contributed by atoms with Crippen LogP contribution in [0.5, 0.6) is 0 Å². The SMILES string of the molecule is N#CCCOCC1CN2CCN1Cc1cccc(c1)Nc1cc(ccn1)-c1cnc(nc1)NCCCNC(=O)C2. The molecule has 8 bridgehead atoms. The number of rotatable bonds is 4. The van der Waals surface area contributed by atoms with Crippen molar-refractivity contribution in [2.75, 3.05) is 63.1 Å². The van der Waals surface area contributed by atoms with E-state index in [0.717, 1.165) is 55.2 Å². The van der Waals surface area contributed by atoms with E-state index in [0.29, 0.717) is 45.2 Å². The molecule has 3 aromatic rings. The van der Waals surface area contributed by atoms with Gasteiger partial charge < -0.3 is 20.7 Å². The van der Waals surface area contributed by atoms with Crippen LogP contribution in [0, 0.1) is 11.3 Å². The third kappa shape index (κ3) is 7.72. The fourth-order valence-electron chi connectivity index (χ4n) is 4.96. The standard InChI is InChI=1S/C29H35N9O2/c30-7-2-13-40-21-26-19-37-11-12-38(26)18-22-4-1-5-25(14-22)36-27-15-23(6-10-31-27)24-16-34-29(35-17-24)33-9-3-8-32-28(39)20-37/h1,4-6,10,14-17,26H,2-3,8-9,11-13,18-21H2,(H,31,36)(H,32,39)(H,33,34,35). The van der Waals surface area contributed by atoms with Crippen molar-refractivity contribution in [1.29, 1.82) is 5.26 Å². The average molecular weight is 542 g/mol. The fourth-order valence-corrected chi connectivity index (χ4v) is 4.96. The number of benzene rings is 1. The van der Waals surface area contributed by atoms with Gasteiger partial charge in [0.2, 0.25) is 11.9 Å². The molecule has 3 N–H and O–H groups in total. The normalized spacial score (nSPS) is 21.5. The van der Waals surface area contributed by atoms with Crippen LogP contribution in [0.2, 0.25) is 0 Å². The van der Waals surface area contributed by atoms with Gasteiger partial charge in [-0.25, -0.2) is 15.0 Å². The van der Waals surface area contributed by atoms with E-state index in [2.05, 4.69) is 58.9 Å². The van der Waals surface area contributed by atoms with Crippen LogP contribution in [-0.4, -0.2) is 89.2 Å². The van der Waals surface area contributed by atoms with E-state index in [-0.39, 0.29) is 11.9 Å². The van der Waals surface area contributed by atoms with Gasteiger partial charge in [0.25, 0.3) is 0 Å². The summed E-state index contributed by atoms with van der Waals surface area (Å²) in [6.45, 7) is 5.61. The number of carbonyl (C=O) groups excluding carboxylic acids is 1. The van der Waals surface area contributed by atoms with Crippen LogP contribution in [0.4, 0.5) is 17.5 Å². The molecular weight excluding hydrogens is 506 g/mol. The molecule has 11 heteroatoms. The molecule has 2 aromatic heterocycles. The van der Waals surface area contributed by atoms with E-state index < -0.39 is 0 Å². The number of hydrogen-bond acceptors (Lipinski definition) is 10. The molecule has 3 atom stereocenters. The summed E-state index contributed by atoms with van der Waals surface area (Å²) < 4.78 is 5.85. The first-order chi connectivity index (χ1) is 19.7. The highest BCUT2D eigenvalue weighted by molar-refractivity contribution is 5.78. The third-order valence-corrected chi connectivity index (χ3v) is 7.01. The number of ether oxygens (including phenoxy) is 1. The highest BCUT2D eigenvalue weighted by atomic mass is 16.5. The van der Waals surface area contributed by atoms with Crippen LogP contribution < -0.4 is 16.0 Å². The highest BCUT2D eigenvalue weighted by Crippen LogP contribution is 2.24. The summed E-state index contributed by atoms with van der Waals surface area (Å²) in [6, 6.07) is 14.5. The Morgan fingerprint density at radius 3 is 2.77 bits per heavy atom. The fraction of sp³-hybridized carbons (Fsp3) is 0.414. The van der Waals surface area contributed by atoms with Crippen molar-refractivity contribution in [2.45, 2.75) is 25.4 Å². The van der Waals surface area contributed by atoms with Gasteiger partial charge >= 0.3 is 0 Å². The molecule has 1 aromatic carbocycles. The summed E-state index contributed by atoms with van der Waals surface area (Å²) >= 11 is 0. The molecule has 8 rings (SSSR count). The Bertz CT molecular complexity index is 1310. The molecule has 5 aliphatic rings. The first-order valence-corrected chi connectivity index (χ1v) is 13.7. The maximum atomic E-state index is 12.7. The lowest BCUT2D eigenvalue weighted by Gasteiger charge is -2.41. The molecule has 5 aliphatic heterocycles. The molecule has 1 amide bonds. The van der Waals surface area contributed by atoms with Gasteiger partial charge in [-0.05, 0) is 41.8 Å². The molecule has 7 heterocycles. The lowest BCUT2D eigenvalue weighted by Crippen LogP contribution is -2.56. The van der Waals surface area contributed by atoms with Crippen molar-refractivity contribution in [1.82, 2.24) is 30.1 Å². The molecule has 11 nitrogen and oxygen atoms in total. The molecule has 0 aliphatic carbocycles. The highest BCUT2D eigenvalue weighted by Gasteiger charge is 2.28. The number of nitrogens with zero attached hydrogens (tertiary/aromatic N) is 6. The molecule has 208 valence electrons.